The fraction of sp³-hybridized carbons (Fsp3) is 0.188. The van der Waals surface area contributed by atoms with Crippen molar-refractivity contribution in [2.24, 2.45) is 0 Å². The van der Waals surface area contributed by atoms with Crippen molar-refractivity contribution in [1.29, 1.82) is 0 Å². The highest BCUT2D eigenvalue weighted by molar-refractivity contribution is 6.31. The Morgan fingerprint density at radius 1 is 1.15 bits per heavy atom. The van der Waals surface area contributed by atoms with E-state index in [4.69, 9.17) is 16.3 Å². The van der Waals surface area contributed by atoms with Crippen LogP contribution in [-0.4, -0.2) is 19.4 Å². The molecule has 1 aliphatic heterocycles. The molecule has 0 amide bonds. The molecule has 102 valence electrons. The summed E-state index contributed by atoms with van der Waals surface area (Å²) in [6.45, 7) is 1.46. The third-order valence-corrected chi connectivity index (χ3v) is 3.59. The second kappa shape index (κ2) is 5.55. The molecule has 0 saturated heterocycles. The maximum atomic E-state index is 11.3. The van der Waals surface area contributed by atoms with Crippen LogP contribution in [0.5, 0.6) is 5.75 Å². The molecular formula is C16H14ClNO2. The fourth-order valence-electron chi connectivity index (χ4n) is 2.43. The average molecular weight is 288 g/mol. The number of hydrogen-bond acceptors (Lipinski definition) is 3. The third kappa shape index (κ3) is 2.37. The number of rotatable bonds is 2. The molecule has 0 N–H and O–H groups in total. The molecule has 2 aromatic rings. The summed E-state index contributed by atoms with van der Waals surface area (Å²) in [6, 6.07) is 13.2. The first-order chi connectivity index (χ1) is 9.79. The average Bonchev–Trinajstić information content (AvgIpc) is 2.69. The van der Waals surface area contributed by atoms with Crippen LogP contribution in [0.25, 0.3) is 0 Å². The van der Waals surface area contributed by atoms with Gasteiger partial charge in [0.05, 0.1) is 18.0 Å². The van der Waals surface area contributed by atoms with E-state index in [1.54, 1.807) is 12.1 Å². The second-order valence-corrected chi connectivity index (χ2v) is 5.08. The van der Waals surface area contributed by atoms with E-state index in [2.05, 4.69) is 4.90 Å². The highest BCUT2D eigenvalue weighted by atomic mass is 35.5. The quantitative estimate of drug-likeness (QED) is 0.780. The van der Waals surface area contributed by atoms with Crippen molar-refractivity contribution in [2.45, 2.75) is 6.42 Å². The first-order valence-corrected chi connectivity index (χ1v) is 6.91. The number of aldehydes is 1. The van der Waals surface area contributed by atoms with Crippen molar-refractivity contribution in [2.75, 3.05) is 18.1 Å². The van der Waals surface area contributed by atoms with Gasteiger partial charge in [-0.1, -0.05) is 23.7 Å². The summed E-state index contributed by atoms with van der Waals surface area (Å²) >= 11 is 6.09. The van der Waals surface area contributed by atoms with Crippen LogP contribution in [0.2, 0.25) is 5.02 Å². The van der Waals surface area contributed by atoms with Gasteiger partial charge in [-0.3, -0.25) is 4.79 Å². The molecule has 0 atom stereocenters. The largest absolute Gasteiger partial charge is 0.491 e. The highest BCUT2D eigenvalue weighted by Crippen LogP contribution is 2.37. The zero-order valence-corrected chi connectivity index (χ0v) is 11.6. The number of nitrogens with zero attached hydrogens (tertiary/aromatic N) is 1. The highest BCUT2D eigenvalue weighted by Gasteiger charge is 2.19. The Balaban J connectivity index is 2.14. The van der Waals surface area contributed by atoms with Gasteiger partial charge in [-0.05, 0) is 36.8 Å². The monoisotopic (exact) mass is 287 g/mol. The molecule has 0 aromatic heterocycles. The zero-order valence-electron chi connectivity index (χ0n) is 10.9. The van der Waals surface area contributed by atoms with Crippen LogP contribution in [0.3, 0.4) is 0 Å². The summed E-state index contributed by atoms with van der Waals surface area (Å²) in [6.07, 6.45) is 1.75. The summed E-state index contributed by atoms with van der Waals surface area (Å²) in [5.74, 6) is 0.835. The van der Waals surface area contributed by atoms with Crippen LogP contribution in [0, 0.1) is 0 Å². The molecule has 4 heteroatoms. The van der Waals surface area contributed by atoms with E-state index in [0.717, 1.165) is 36.4 Å². The van der Waals surface area contributed by atoms with E-state index in [0.29, 0.717) is 17.2 Å². The van der Waals surface area contributed by atoms with Crippen molar-refractivity contribution < 1.29 is 9.53 Å². The summed E-state index contributed by atoms with van der Waals surface area (Å²) in [5, 5.41) is 0.619. The SMILES string of the molecule is O=Cc1ccc(Cl)cc1N1CCCOc2ccccc21. The van der Waals surface area contributed by atoms with Gasteiger partial charge in [0.2, 0.25) is 0 Å². The molecule has 1 aliphatic rings. The number of fused-ring (bicyclic) bond motifs is 1. The Morgan fingerprint density at radius 2 is 2.00 bits per heavy atom. The van der Waals surface area contributed by atoms with Gasteiger partial charge < -0.3 is 9.64 Å². The van der Waals surface area contributed by atoms with E-state index < -0.39 is 0 Å². The van der Waals surface area contributed by atoms with Gasteiger partial charge in [0, 0.05) is 17.1 Å². The molecule has 0 bridgehead atoms. The molecule has 3 rings (SSSR count). The molecule has 0 fully saturated rings. The number of hydrogen-bond donors (Lipinski definition) is 0. The van der Waals surface area contributed by atoms with Crippen molar-refractivity contribution in [3.05, 3.63) is 53.1 Å². The van der Waals surface area contributed by atoms with Crippen LogP contribution in [0.15, 0.2) is 42.5 Å². The van der Waals surface area contributed by atoms with Crippen LogP contribution >= 0.6 is 11.6 Å². The molecular weight excluding hydrogens is 274 g/mol. The number of carbonyl (C=O) groups excluding carboxylic acids is 1. The number of ether oxygens (including phenoxy) is 1. The Bertz CT molecular complexity index is 642. The van der Waals surface area contributed by atoms with Gasteiger partial charge in [-0.2, -0.15) is 0 Å². The summed E-state index contributed by atoms with van der Waals surface area (Å²) in [7, 11) is 0. The lowest BCUT2D eigenvalue weighted by atomic mass is 10.1. The van der Waals surface area contributed by atoms with Crippen molar-refractivity contribution >= 4 is 29.3 Å². The number of benzene rings is 2. The lowest BCUT2D eigenvalue weighted by Crippen LogP contribution is -2.19. The van der Waals surface area contributed by atoms with Gasteiger partial charge in [-0.15, -0.1) is 0 Å². The van der Waals surface area contributed by atoms with E-state index in [-0.39, 0.29) is 0 Å². The second-order valence-electron chi connectivity index (χ2n) is 4.64. The van der Waals surface area contributed by atoms with Crippen LogP contribution in [0.4, 0.5) is 11.4 Å². The maximum Gasteiger partial charge on any atom is 0.152 e. The number of para-hydroxylation sites is 2. The normalized spacial score (nSPS) is 14.2. The minimum atomic E-state index is 0.619. The fourth-order valence-corrected chi connectivity index (χ4v) is 2.59. The van der Waals surface area contributed by atoms with Gasteiger partial charge in [-0.25, -0.2) is 0 Å². The molecule has 20 heavy (non-hydrogen) atoms. The zero-order chi connectivity index (χ0) is 13.9. The van der Waals surface area contributed by atoms with Crippen LogP contribution < -0.4 is 9.64 Å². The molecule has 2 aromatic carbocycles. The minimum absolute atomic E-state index is 0.619. The molecule has 0 radical (unpaired) electrons. The maximum absolute atomic E-state index is 11.3. The van der Waals surface area contributed by atoms with E-state index in [1.807, 2.05) is 30.3 Å². The van der Waals surface area contributed by atoms with Gasteiger partial charge in [0.1, 0.15) is 5.75 Å². The molecule has 1 heterocycles. The first-order valence-electron chi connectivity index (χ1n) is 6.53. The Kier molecular flexibility index (Phi) is 3.61. The summed E-state index contributed by atoms with van der Waals surface area (Å²) in [5.41, 5.74) is 2.42. The van der Waals surface area contributed by atoms with Crippen molar-refractivity contribution in [3.8, 4) is 5.75 Å². The summed E-state index contributed by atoms with van der Waals surface area (Å²) < 4.78 is 5.74. The predicted molar refractivity (Wildman–Crippen MR) is 80.4 cm³/mol. The molecule has 0 aliphatic carbocycles. The van der Waals surface area contributed by atoms with Gasteiger partial charge in [0.15, 0.2) is 6.29 Å². The lowest BCUT2D eigenvalue weighted by Gasteiger charge is -2.25. The Labute approximate surface area is 122 Å². The molecule has 0 saturated carbocycles. The number of halogens is 1. The minimum Gasteiger partial charge on any atom is -0.491 e. The smallest absolute Gasteiger partial charge is 0.152 e. The molecule has 0 unspecified atom stereocenters. The Hall–Kier alpha value is -2.00. The topological polar surface area (TPSA) is 29.5 Å². The molecule has 0 spiro atoms. The number of anilines is 2. The van der Waals surface area contributed by atoms with Crippen molar-refractivity contribution in [3.63, 3.8) is 0 Å². The van der Waals surface area contributed by atoms with Crippen LogP contribution in [0.1, 0.15) is 16.8 Å². The van der Waals surface area contributed by atoms with E-state index in [9.17, 15) is 4.79 Å². The third-order valence-electron chi connectivity index (χ3n) is 3.35. The lowest BCUT2D eigenvalue weighted by molar-refractivity contribution is 0.112. The van der Waals surface area contributed by atoms with Crippen molar-refractivity contribution in [1.82, 2.24) is 0 Å². The van der Waals surface area contributed by atoms with Gasteiger partial charge >= 0.3 is 0 Å². The standard InChI is InChI=1S/C16H14ClNO2/c17-13-7-6-12(11-19)15(10-13)18-8-3-9-20-16-5-2-1-4-14(16)18/h1-2,4-7,10-11H,3,8-9H2. The van der Waals surface area contributed by atoms with Crippen LogP contribution in [-0.2, 0) is 0 Å². The first kappa shape index (κ1) is 13.0. The Morgan fingerprint density at radius 3 is 2.85 bits per heavy atom. The molecule has 3 nitrogen and oxygen atoms in total. The van der Waals surface area contributed by atoms with E-state index in [1.165, 1.54) is 0 Å². The number of carbonyl (C=O) groups is 1. The summed E-state index contributed by atoms with van der Waals surface area (Å²) in [4.78, 5) is 13.4. The van der Waals surface area contributed by atoms with E-state index >= 15 is 0 Å². The van der Waals surface area contributed by atoms with Gasteiger partial charge in [0.25, 0.3) is 0 Å². The predicted octanol–water partition coefficient (Wildman–Crippen LogP) is 4.07.